The highest BCUT2D eigenvalue weighted by Crippen LogP contribution is 2.24. The van der Waals surface area contributed by atoms with Gasteiger partial charge in [0.25, 0.3) is 0 Å². The van der Waals surface area contributed by atoms with Crippen molar-refractivity contribution in [2.75, 3.05) is 6.54 Å². The maximum atomic E-state index is 11.6. The van der Waals surface area contributed by atoms with E-state index in [1.54, 1.807) is 0 Å². The van der Waals surface area contributed by atoms with Gasteiger partial charge in [-0.15, -0.1) is 0 Å². The molecule has 6 heteroatoms. The van der Waals surface area contributed by atoms with Gasteiger partial charge in [-0.3, -0.25) is 0 Å². The molecule has 1 heterocycles. The number of hydrogen-bond acceptors (Lipinski definition) is 3. The average molecular weight is 354 g/mol. The van der Waals surface area contributed by atoms with Crippen molar-refractivity contribution in [3.05, 3.63) is 28.5 Å². The molecule has 2 aromatic rings. The molecule has 0 saturated heterocycles. The fourth-order valence-electron chi connectivity index (χ4n) is 2.08. The molecule has 0 fully saturated rings. The van der Waals surface area contributed by atoms with Gasteiger partial charge in [-0.05, 0) is 48.8 Å². The lowest BCUT2D eigenvalue weighted by molar-refractivity contribution is 0.0528. The van der Waals surface area contributed by atoms with E-state index >= 15 is 0 Å². The predicted molar refractivity (Wildman–Crippen MR) is 86.4 cm³/mol. The van der Waals surface area contributed by atoms with E-state index in [1.807, 2.05) is 50.6 Å². The summed E-state index contributed by atoms with van der Waals surface area (Å²) < 4.78 is 8.25. The van der Waals surface area contributed by atoms with Crippen LogP contribution in [0.2, 0.25) is 0 Å². The van der Waals surface area contributed by atoms with Gasteiger partial charge in [0, 0.05) is 24.5 Å². The third-order valence-corrected chi connectivity index (χ3v) is 3.59. The Balaban J connectivity index is 2.00. The van der Waals surface area contributed by atoms with Crippen LogP contribution in [0.4, 0.5) is 4.79 Å². The lowest BCUT2D eigenvalue weighted by Gasteiger charge is -2.19. The highest BCUT2D eigenvalue weighted by atomic mass is 79.9. The Morgan fingerprint density at radius 2 is 2.14 bits per heavy atom. The molecule has 21 heavy (non-hydrogen) atoms. The zero-order chi connectivity index (χ0) is 15.6. The predicted octanol–water partition coefficient (Wildman–Crippen LogP) is 3.40. The number of benzene rings is 1. The van der Waals surface area contributed by atoms with E-state index < -0.39 is 11.7 Å². The van der Waals surface area contributed by atoms with Crippen molar-refractivity contribution in [1.82, 2.24) is 14.9 Å². The third kappa shape index (κ3) is 3.97. The Kier molecular flexibility index (Phi) is 4.56. The molecule has 2 rings (SSSR count). The molecule has 0 atom stereocenters. The van der Waals surface area contributed by atoms with Crippen molar-refractivity contribution in [2.24, 2.45) is 7.05 Å². The number of alkyl carbamates (subject to hydrolysis) is 1. The lowest BCUT2D eigenvalue weighted by Crippen LogP contribution is -2.33. The van der Waals surface area contributed by atoms with Gasteiger partial charge >= 0.3 is 6.09 Å². The van der Waals surface area contributed by atoms with Crippen LogP contribution in [-0.2, 0) is 18.2 Å². The lowest BCUT2D eigenvalue weighted by atomic mass is 10.2. The number of para-hydroxylation sites is 1. The van der Waals surface area contributed by atoms with E-state index in [0.29, 0.717) is 13.0 Å². The Morgan fingerprint density at radius 3 is 2.76 bits per heavy atom. The van der Waals surface area contributed by atoms with Crippen LogP contribution in [-0.4, -0.2) is 27.8 Å². The zero-order valence-corrected chi connectivity index (χ0v) is 14.3. The fraction of sp³-hybridized carbons (Fsp3) is 0.467. The molecular weight excluding hydrogens is 334 g/mol. The van der Waals surface area contributed by atoms with E-state index in [0.717, 1.165) is 21.3 Å². The monoisotopic (exact) mass is 353 g/mol. The first-order chi connectivity index (χ1) is 9.78. The molecule has 0 aliphatic rings. The standard InChI is InChI=1S/C15H20BrN3O2/c1-15(2,3)21-14(20)17-9-8-12-18-11-7-5-6-10(16)13(11)19(12)4/h5-7H,8-9H2,1-4H3,(H,17,20). The Labute approximate surface area is 132 Å². The van der Waals surface area contributed by atoms with E-state index in [4.69, 9.17) is 4.74 Å². The number of aromatic nitrogens is 2. The van der Waals surface area contributed by atoms with Gasteiger partial charge in [0.15, 0.2) is 0 Å². The third-order valence-electron chi connectivity index (χ3n) is 2.95. The van der Waals surface area contributed by atoms with Crippen molar-refractivity contribution in [3.8, 4) is 0 Å². The Bertz CT molecular complexity index is 659. The van der Waals surface area contributed by atoms with E-state index in [1.165, 1.54) is 0 Å². The van der Waals surface area contributed by atoms with Gasteiger partial charge in [0.05, 0.1) is 11.0 Å². The molecule has 0 bridgehead atoms. The van der Waals surface area contributed by atoms with Crippen LogP contribution in [0.5, 0.6) is 0 Å². The number of imidazole rings is 1. The molecule has 1 aromatic heterocycles. The highest BCUT2D eigenvalue weighted by molar-refractivity contribution is 9.10. The van der Waals surface area contributed by atoms with Crippen LogP contribution in [0, 0.1) is 0 Å². The number of carbonyl (C=O) groups excluding carboxylic acids is 1. The molecular formula is C15H20BrN3O2. The highest BCUT2D eigenvalue weighted by Gasteiger charge is 2.16. The van der Waals surface area contributed by atoms with Gasteiger partial charge < -0.3 is 14.6 Å². The minimum Gasteiger partial charge on any atom is -0.444 e. The first-order valence-corrected chi connectivity index (χ1v) is 7.64. The maximum absolute atomic E-state index is 11.6. The summed E-state index contributed by atoms with van der Waals surface area (Å²) in [5, 5.41) is 2.75. The van der Waals surface area contributed by atoms with Crippen molar-refractivity contribution in [3.63, 3.8) is 0 Å². The Hall–Kier alpha value is -1.56. The van der Waals surface area contributed by atoms with Gasteiger partial charge in [-0.2, -0.15) is 0 Å². The van der Waals surface area contributed by atoms with Crippen molar-refractivity contribution < 1.29 is 9.53 Å². The number of aryl methyl sites for hydroxylation is 1. The Morgan fingerprint density at radius 1 is 1.43 bits per heavy atom. The summed E-state index contributed by atoms with van der Waals surface area (Å²) in [5.41, 5.74) is 1.52. The maximum Gasteiger partial charge on any atom is 0.407 e. The molecule has 0 unspecified atom stereocenters. The summed E-state index contributed by atoms with van der Waals surface area (Å²) in [4.78, 5) is 16.2. The quantitative estimate of drug-likeness (QED) is 0.919. The second-order valence-electron chi connectivity index (χ2n) is 5.87. The molecule has 0 radical (unpaired) electrons. The van der Waals surface area contributed by atoms with Crippen LogP contribution >= 0.6 is 15.9 Å². The second-order valence-corrected chi connectivity index (χ2v) is 6.73. The van der Waals surface area contributed by atoms with Gasteiger partial charge in [-0.25, -0.2) is 9.78 Å². The molecule has 114 valence electrons. The number of nitrogens with zero attached hydrogens (tertiary/aromatic N) is 2. The van der Waals surface area contributed by atoms with E-state index in [9.17, 15) is 4.79 Å². The van der Waals surface area contributed by atoms with Crippen molar-refractivity contribution in [1.29, 1.82) is 0 Å². The van der Waals surface area contributed by atoms with E-state index in [2.05, 4.69) is 26.2 Å². The molecule has 1 N–H and O–H groups in total. The second kappa shape index (κ2) is 6.05. The number of ether oxygens (including phenoxy) is 1. The molecule has 0 spiro atoms. The summed E-state index contributed by atoms with van der Waals surface area (Å²) >= 11 is 3.53. The number of hydrogen-bond donors (Lipinski definition) is 1. The topological polar surface area (TPSA) is 56.2 Å². The molecule has 0 aliphatic heterocycles. The van der Waals surface area contributed by atoms with Crippen LogP contribution in [0.1, 0.15) is 26.6 Å². The largest absolute Gasteiger partial charge is 0.444 e. The van der Waals surface area contributed by atoms with Crippen LogP contribution in [0.25, 0.3) is 11.0 Å². The first kappa shape index (κ1) is 15.8. The summed E-state index contributed by atoms with van der Waals surface area (Å²) in [6.07, 6.45) is 0.249. The summed E-state index contributed by atoms with van der Waals surface area (Å²) in [5.74, 6) is 0.924. The average Bonchev–Trinajstić information content (AvgIpc) is 2.65. The number of halogens is 1. The number of rotatable bonds is 3. The van der Waals surface area contributed by atoms with Crippen LogP contribution in [0.3, 0.4) is 0 Å². The SMILES string of the molecule is Cn1c(CCNC(=O)OC(C)(C)C)nc2cccc(Br)c21. The minimum atomic E-state index is -0.479. The minimum absolute atomic E-state index is 0.401. The van der Waals surface area contributed by atoms with Gasteiger partial charge in [0.2, 0.25) is 0 Å². The fourth-order valence-corrected chi connectivity index (χ4v) is 2.71. The van der Waals surface area contributed by atoms with Crippen LogP contribution in [0.15, 0.2) is 22.7 Å². The van der Waals surface area contributed by atoms with Gasteiger partial charge in [-0.1, -0.05) is 6.07 Å². The van der Waals surface area contributed by atoms with Crippen molar-refractivity contribution >= 4 is 33.1 Å². The van der Waals surface area contributed by atoms with Gasteiger partial charge in [0.1, 0.15) is 11.4 Å². The number of fused-ring (bicyclic) bond motifs is 1. The normalized spacial score (nSPS) is 11.7. The molecule has 0 saturated carbocycles. The summed E-state index contributed by atoms with van der Waals surface area (Å²) in [7, 11) is 1.98. The molecule has 0 aliphatic carbocycles. The summed E-state index contributed by atoms with van der Waals surface area (Å²) in [6, 6.07) is 5.93. The number of nitrogens with one attached hydrogen (secondary N) is 1. The van der Waals surface area contributed by atoms with Crippen LogP contribution < -0.4 is 5.32 Å². The smallest absolute Gasteiger partial charge is 0.407 e. The molecule has 1 aromatic carbocycles. The number of carbonyl (C=O) groups is 1. The number of amides is 1. The zero-order valence-electron chi connectivity index (χ0n) is 12.7. The summed E-state index contributed by atoms with van der Waals surface area (Å²) in [6.45, 7) is 6.02. The molecule has 1 amide bonds. The van der Waals surface area contributed by atoms with Crippen molar-refractivity contribution in [2.45, 2.75) is 32.8 Å². The van der Waals surface area contributed by atoms with E-state index in [-0.39, 0.29) is 0 Å². The molecule has 5 nitrogen and oxygen atoms in total. The first-order valence-electron chi connectivity index (χ1n) is 6.84.